The smallest absolute Gasteiger partial charge is 0.274 e. The van der Waals surface area contributed by atoms with Crippen molar-refractivity contribution in [2.45, 2.75) is 25.5 Å². The highest BCUT2D eigenvalue weighted by Gasteiger charge is 2.32. The molecule has 2 amide bonds. The molecule has 5 rings (SSSR count). The van der Waals surface area contributed by atoms with Crippen molar-refractivity contribution in [3.8, 4) is 0 Å². The highest BCUT2D eigenvalue weighted by Crippen LogP contribution is 2.33. The first-order valence-corrected chi connectivity index (χ1v) is 11.0. The van der Waals surface area contributed by atoms with E-state index in [0.717, 1.165) is 22.8 Å². The molecule has 0 saturated carbocycles. The molecule has 34 heavy (non-hydrogen) atoms. The number of halogens is 2. The minimum atomic E-state index is -0.810. The zero-order valence-electron chi connectivity index (χ0n) is 18.0. The summed E-state index contributed by atoms with van der Waals surface area (Å²) in [5.41, 5.74) is 3.39. The third-order valence-electron chi connectivity index (χ3n) is 5.90. The number of nitrogens with zero attached hydrogens (tertiary/aromatic N) is 2. The van der Waals surface area contributed by atoms with Gasteiger partial charge in [-0.15, -0.1) is 0 Å². The fourth-order valence-electron chi connectivity index (χ4n) is 4.21. The molecular formula is C25H20ClFN4O3. The van der Waals surface area contributed by atoms with Gasteiger partial charge in [0.15, 0.2) is 0 Å². The molecular weight excluding hydrogens is 459 g/mol. The number of pyridine rings is 1. The monoisotopic (exact) mass is 478 g/mol. The highest BCUT2D eigenvalue weighted by atomic mass is 35.5. The van der Waals surface area contributed by atoms with Crippen LogP contribution >= 0.6 is 11.6 Å². The van der Waals surface area contributed by atoms with Crippen LogP contribution in [0.2, 0.25) is 5.02 Å². The number of aromatic nitrogens is 2. The lowest BCUT2D eigenvalue weighted by atomic mass is 10.1. The van der Waals surface area contributed by atoms with Gasteiger partial charge < -0.3 is 15.7 Å². The lowest BCUT2D eigenvalue weighted by Crippen LogP contribution is -2.34. The lowest BCUT2D eigenvalue weighted by molar-refractivity contribution is 0.0857. The summed E-state index contributed by atoms with van der Waals surface area (Å²) in [5.74, 6) is -1.75. The number of benzene rings is 2. The molecule has 2 atom stereocenters. The first kappa shape index (κ1) is 22.1. The molecule has 0 spiro atoms. The summed E-state index contributed by atoms with van der Waals surface area (Å²) < 4.78 is 16.1. The van der Waals surface area contributed by atoms with E-state index in [-0.39, 0.29) is 16.9 Å². The van der Waals surface area contributed by atoms with Crippen LogP contribution in [-0.2, 0) is 6.42 Å². The molecule has 3 N–H and O–H groups in total. The largest absolute Gasteiger partial charge is 0.390 e. The van der Waals surface area contributed by atoms with Crippen LogP contribution in [0, 0.1) is 12.7 Å². The summed E-state index contributed by atoms with van der Waals surface area (Å²) in [7, 11) is 0. The van der Waals surface area contributed by atoms with Crippen molar-refractivity contribution in [2.24, 2.45) is 0 Å². The van der Waals surface area contributed by atoms with Gasteiger partial charge >= 0.3 is 0 Å². The van der Waals surface area contributed by atoms with Crippen LogP contribution in [-0.4, -0.2) is 32.4 Å². The van der Waals surface area contributed by atoms with Gasteiger partial charge in [-0.05, 0) is 60.0 Å². The number of aliphatic hydroxyl groups excluding tert-OH is 1. The van der Waals surface area contributed by atoms with Crippen molar-refractivity contribution in [1.82, 2.24) is 14.7 Å². The predicted octanol–water partition coefficient (Wildman–Crippen LogP) is 4.08. The molecule has 2 aromatic heterocycles. The summed E-state index contributed by atoms with van der Waals surface area (Å²) in [6, 6.07) is 12.0. The average molecular weight is 479 g/mol. The fraction of sp³-hybridized carbons (Fsp3) is 0.160. The Hall–Kier alpha value is -3.75. The number of anilines is 1. The van der Waals surface area contributed by atoms with Gasteiger partial charge in [0.1, 0.15) is 17.2 Å². The molecule has 9 heteroatoms. The number of carbonyl (C=O) groups is 2. The van der Waals surface area contributed by atoms with E-state index in [1.165, 1.54) is 18.3 Å². The first-order chi connectivity index (χ1) is 16.3. The van der Waals surface area contributed by atoms with Gasteiger partial charge in [-0.3, -0.25) is 14.0 Å². The number of carbonyl (C=O) groups excluding carboxylic acids is 2. The van der Waals surface area contributed by atoms with Gasteiger partial charge in [-0.1, -0.05) is 23.7 Å². The number of imidazole rings is 1. The number of rotatable bonds is 4. The second-order valence-electron chi connectivity index (χ2n) is 8.29. The molecule has 1 aliphatic rings. The number of amides is 2. The lowest BCUT2D eigenvalue weighted by Gasteiger charge is -2.18. The van der Waals surface area contributed by atoms with Gasteiger partial charge in [-0.25, -0.2) is 9.37 Å². The van der Waals surface area contributed by atoms with Crippen LogP contribution in [0.25, 0.3) is 5.65 Å². The highest BCUT2D eigenvalue weighted by molar-refractivity contribution is 6.30. The summed E-state index contributed by atoms with van der Waals surface area (Å²) in [4.78, 5) is 29.9. The van der Waals surface area contributed by atoms with Crippen molar-refractivity contribution in [3.63, 3.8) is 0 Å². The van der Waals surface area contributed by atoms with E-state index in [2.05, 4.69) is 15.6 Å². The Kier molecular flexibility index (Phi) is 5.55. The van der Waals surface area contributed by atoms with Crippen molar-refractivity contribution in [3.05, 3.63) is 99.7 Å². The molecule has 2 aromatic carbocycles. The molecule has 2 heterocycles. The van der Waals surface area contributed by atoms with Gasteiger partial charge in [-0.2, -0.15) is 0 Å². The zero-order valence-corrected chi connectivity index (χ0v) is 18.8. The van der Waals surface area contributed by atoms with E-state index in [0.29, 0.717) is 17.1 Å². The average Bonchev–Trinajstić information content (AvgIpc) is 3.35. The first-order valence-electron chi connectivity index (χ1n) is 10.6. The topological polar surface area (TPSA) is 95.7 Å². The maximum Gasteiger partial charge on any atom is 0.274 e. The number of aliphatic hydroxyl groups is 1. The molecule has 7 nitrogen and oxygen atoms in total. The van der Waals surface area contributed by atoms with Gasteiger partial charge in [0.25, 0.3) is 11.8 Å². The molecule has 0 radical (unpaired) electrons. The zero-order chi connectivity index (χ0) is 24.0. The Morgan fingerprint density at radius 1 is 1.15 bits per heavy atom. The van der Waals surface area contributed by atoms with Crippen molar-refractivity contribution in [2.75, 3.05) is 5.32 Å². The molecule has 4 aromatic rings. The standard InChI is InChI=1S/C25H20ClFN4O3/c1-13-2-7-22-28-11-20(31(22)12-13)25(34)29-19-9-14(3-6-18(19)27)24(33)30-23-17-5-4-16(26)8-15(17)10-21(23)32/h2-9,11-12,21,23,32H,10H2,1H3,(H,29,34)(H,30,33)/t21-,23+/m1/s1. The van der Waals surface area contributed by atoms with Gasteiger partial charge in [0, 0.05) is 23.2 Å². The number of hydrogen-bond donors (Lipinski definition) is 3. The summed E-state index contributed by atoms with van der Waals surface area (Å²) in [5, 5.41) is 16.3. The van der Waals surface area contributed by atoms with Gasteiger partial charge in [0.05, 0.1) is 24.0 Å². The molecule has 172 valence electrons. The molecule has 0 aliphatic heterocycles. The van der Waals surface area contributed by atoms with E-state index in [1.807, 2.05) is 13.0 Å². The number of aryl methyl sites for hydroxylation is 1. The van der Waals surface area contributed by atoms with E-state index >= 15 is 0 Å². The van der Waals surface area contributed by atoms with Crippen LogP contribution in [0.1, 0.15) is 43.6 Å². The Bertz CT molecular complexity index is 1450. The minimum Gasteiger partial charge on any atom is -0.390 e. The maximum atomic E-state index is 14.5. The molecule has 0 unspecified atom stereocenters. The summed E-state index contributed by atoms with van der Waals surface area (Å²) in [6.45, 7) is 1.89. The van der Waals surface area contributed by atoms with Crippen molar-refractivity contribution in [1.29, 1.82) is 0 Å². The molecule has 0 saturated heterocycles. The van der Waals surface area contributed by atoms with Crippen molar-refractivity contribution >= 4 is 34.7 Å². The van der Waals surface area contributed by atoms with E-state index in [9.17, 15) is 19.1 Å². The molecule has 0 fully saturated rings. The second-order valence-corrected chi connectivity index (χ2v) is 8.73. The van der Waals surface area contributed by atoms with Crippen LogP contribution < -0.4 is 10.6 Å². The van der Waals surface area contributed by atoms with E-state index < -0.39 is 29.8 Å². The summed E-state index contributed by atoms with van der Waals surface area (Å²) >= 11 is 6.03. The number of fused-ring (bicyclic) bond motifs is 2. The number of nitrogens with one attached hydrogen (secondary N) is 2. The van der Waals surface area contributed by atoms with Gasteiger partial charge in [0.2, 0.25) is 0 Å². The quantitative estimate of drug-likeness (QED) is 0.412. The number of hydrogen-bond acceptors (Lipinski definition) is 4. The van der Waals surface area contributed by atoms with E-state index in [1.54, 1.807) is 34.9 Å². The molecule has 0 bridgehead atoms. The van der Waals surface area contributed by atoms with E-state index in [4.69, 9.17) is 11.6 Å². The third-order valence-corrected chi connectivity index (χ3v) is 6.14. The normalized spacial score (nSPS) is 16.9. The SMILES string of the molecule is Cc1ccc2ncc(C(=O)Nc3cc(C(=O)N[C@H]4c5ccc(Cl)cc5C[C@H]4O)ccc3F)n2c1. The fourth-order valence-corrected chi connectivity index (χ4v) is 4.40. The third kappa shape index (κ3) is 4.02. The Morgan fingerprint density at radius 2 is 1.97 bits per heavy atom. The summed E-state index contributed by atoms with van der Waals surface area (Å²) in [6.07, 6.45) is 2.72. The van der Waals surface area contributed by atoms with Crippen LogP contribution in [0.3, 0.4) is 0 Å². The van der Waals surface area contributed by atoms with Crippen molar-refractivity contribution < 1.29 is 19.1 Å². The van der Waals surface area contributed by atoms with Crippen LogP contribution in [0.5, 0.6) is 0 Å². The molecule has 1 aliphatic carbocycles. The Balaban J connectivity index is 1.37. The predicted molar refractivity (Wildman–Crippen MR) is 126 cm³/mol. The minimum absolute atomic E-state index is 0.139. The Labute approximate surface area is 199 Å². The maximum absolute atomic E-state index is 14.5. The van der Waals surface area contributed by atoms with Crippen LogP contribution in [0.15, 0.2) is 60.9 Å². The Morgan fingerprint density at radius 3 is 2.79 bits per heavy atom. The second kappa shape index (κ2) is 8.55. The van der Waals surface area contributed by atoms with Crippen LogP contribution in [0.4, 0.5) is 10.1 Å².